The topological polar surface area (TPSA) is 81.2 Å². The number of nitrogens with zero attached hydrogens (tertiary/aromatic N) is 3. The van der Waals surface area contributed by atoms with Gasteiger partial charge in [-0.05, 0) is 71.9 Å². The van der Waals surface area contributed by atoms with E-state index < -0.39 is 23.5 Å². The number of carbonyl (C=O) groups excluding carboxylic acids is 2. The molecule has 1 aromatic carbocycles. The van der Waals surface area contributed by atoms with E-state index in [1.807, 2.05) is 24.4 Å². The van der Waals surface area contributed by atoms with Crippen LogP contribution in [0.15, 0.2) is 17.5 Å². The maximum Gasteiger partial charge on any atom is 0.414 e. The van der Waals surface area contributed by atoms with Crippen LogP contribution in [0.1, 0.15) is 63.9 Å². The van der Waals surface area contributed by atoms with Crippen LogP contribution in [0.4, 0.5) is 19.7 Å². The van der Waals surface area contributed by atoms with Crippen molar-refractivity contribution >= 4 is 29.2 Å². The highest BCUT2D eigenvalue weighted by atomic mass is 32.1. The fraction of sp³-hybridized carbons (Fsp3) is 0.593. The number of halogens is 1. The second-order valence-corrected chi connectivity index (χ2v) is 12.0. The van der Waals surface area contributed by atoms with Gasteiger partial charge in [-0.2, -0.15) is 0 Å². The standard InChI is InChI=1S/C27H34FN3O5S/c1-16-9-10-19-21(31(16)25(33)34-5)12-11-18(22(19)35-17-7-6-8-17)20-13-37-23(29-20)27(28)14-30(15-27)24(32)36-26(2,3)4/h11-13,16-17H,6-10,14-15H2,1-5H3. The van der Waals surface area contributed by atoms with Crippen molar-refractivity contribution in [2.45, 2.75) is 83.2 Å². The monoisotopic (exact) mass is 531 g/mol. The molecule has 2 amide bonds. The van der Waals surface area contributed by atoms with Crippen LogP contribution >= 0.6 is 11.3 Å². The average molecular weight is 532 g/mol. The summed E-state index contributed by atoms with van der Waals surface area (Å²) in [5.74, 6) is 0.719. The molecule has 200 valence electrons. The predicted octanol–water partition coefficient (Wildman–Crippen LogP) is 6.06. The van der Waals surface area contributed by atoms with Crippen LogP contribution in [0.25, 0.3) is 11.3 Å². The van der Waals surface area contributed by atoms with Crippen LogP contribution in [0, 0.1) is 0 Å². The molecule has 1 unspecified atom stereocenters. The molecule has 10 heteroatoms. The molecule has 0 bridgehead atoms. The van der Waals surface area contributed by atoms with Gasteiger partial charge >= 0.3 is 12.2 Å². The summed E-state index contributed by atoms with van der Waals surface area (Å²) < 4.78 is 32.6. The van der Waals surface area contributed by atoms with Crippen LogP contribution < -0.4 is 9.64 Å². The van der Waals surface area contributed by atoms with Gasteiger partial charge in [0.15, 0.2) is 5.67 Å². The lowest BCUT2D eigenvalue weighted by Gasteiger charge is -2.43. The van der Waals surface area contributed by atoms with Gasteiger partial charge in [0.2, 0.25) is 0 Å². The number of thiazole rings is 1. The number of rotatable bonds is 4. The molecule has 1 saturated carbocycles. The molecule has 1 saturated heterocycles. The van der Waals surface area contributed by atoms with Gasteiger partial charge in [0.1, 0.15) is 16.4 Å². The molecule has 3 aliphatic rings. The first-order valence-electron chi connectivity index (χ1n) is 12.8. The van der Waals surface area contributed by atoms with Crippen molar-refractivity contribution in [3.8, 4) is 17.0 Å². The highest BCUT2D eigenvalue weighted by Gasteiger charge is 2.50. The van der Waals surface area contributed by atoms with E-state index in [1.165, 1.54) is 23.3 Å². The van der Waals surface area contributed by atoms with E-state index in [4.69, 9.17) is 14.2 Å². The lowest BCUT2D eigenvalue weighted by atomic mass is 9.92. The highest BCUT2D eigenvalue weighted by molar-refractivity contribution is 7.10. The zero-order valence-electron chi connectivity index (χ0n) is 22.0. The number of anilines is 1. The third-order valence-electron chi connectivity index (χ3n) is 7.15. The smallest absolute Gasteiger partial charge is 0.414 e. The zero-order valence-corrected chi connectivity index (χ0v) is 22.8. The van der Waals surface area contributed by atoms with Gasteiger partial charge in [-0.3, -0.25) is 4.90 Å². The molecule has 5 rings (SSSR count). The van der Waals surface area contributed by atoms with Gasteiger partial charge in [-0.15, -0.1) is 11.3 Å². The van der Waals surface area contributed by atoms with E-state index >= 15 is 4.39 Å². The Bertz CT molecular complexity index is 1200. The molecule has 2 aromatic rings. The number of benzene rings is 1. The van der Waals surface area contributed by atoms with Crippen LogP contribution in [0.2, 0.25) is 0 Å². The van der Waals surface area contributed by atoms with Crippen molar-refractivity contribution in [1.29, 1.82) is 0 Å². The number of hydrogen-bond donors (Lipinski definition) is 0. The maximum atomic E-state index is 15.7. The summed E-state index contributed by atoms with van der Waals surface area (Å²) in [6, 6.07) is 3.81. The van der Waals surface area contributed by atoms with Crippen LogP contribution in [-0.2, 0) is 21.6 Å². The molecule has 8 nitrogen and oxygen atoms in total. The molecule has 2 fully saturated rings. The summed E-state index contributed by atoms with van der Waals surface area (Å²) in [6.45, 7) is 7.19. The summed E-state index contributed by atoms with van der Waals surface area (Å²) in [4.78, 5) is 32.6. The molecule has 1 aliphatic carbocycles. The minimum Gasteiger partial charge on any atom is -0.489 e. The van der Waals surface area contributed by atoms with E-state index in [9.17, 15) is 9.59 Å². The van der Waals surface area contributed by atoms with Crippen molar-refractivity contribution < 1.29 is 28.2 Å². The minimum absolute atomic E-state index is 0.00570. The number of alkyl halides is 1. The Morgan fingerprint density at radius 2 is 1.89 bits per heavy atom. The molecule has 0 radical (unpaired) electrons. The number of carbonyl (C=O) groups is 2. The number of aromatic nitrogens is 1. The molecule has 0 spiro atoms. The van der Waals surface area contributed by atoms with E-state index in [0.29, 0.717) is 10.7 Å². The van der Waals surface area contributed by atoms with E-state index in [0.717, 1.165) is 54.7 Å². The van der Waals surface area contributed by atoms with Crippen molar-refractivity contribution in [1.82, 2.24) is 9.88 Å². The average Bonchev–Trinajstić information content (AvgIpc) is 3.27. The van der Waals surface area contributed by atoms with Crippen LogP contribution in [-0.4, -0.2) is 60.0 Å². The molecular formula is C27H34FN3O5S. The van der Waals surface area contributed by atoms with Crippen LogP contribution in [0.5, 0.6) is 5.75 Å². The fourth-order valence-electron chi connectivity index (χ4n) is 4.93. The summed E-state index contributed by atoms with van der Waals surface area (Å²) >= 11 is 1.24. The number of hydrogen-bond acceptors (Lipinski definition) is 7. The number of methoxy groups -OCH3 is 1. The van der Waals surface area contributed by atoms with Gasteiger partial charge in [0.05, 0.1) is 37.7 Å². The van der Waals surface area contributed by atoms with Gasteiger partial charge in [0, 0.05) is 22.5 Å². The maximum absolute atomic E-state index is 15.7. The van der Waals surface area contributed by atoms with Crippen molar-refractivity contribution in [3.63, 3.8) is 0 Å². The molecule has 1 atom stereocenters. The van der Waals surface area contributed by atoms with Crippen molar-refractivity contribution in [3.05, 3.63) is 28.1 Å². The Hall–Kier alpha value is -2.88. The third kappa shape index (κ3) is 4.87. The number of fused-ring (bicyclic) bond motifs is 1. The second-order valence-electron chi connectivity index (χ2n) is 11.2. The molecular weight excluding hydrogens is 497 g/mol. The summed E-state index contributed by atoms with van der Waals surface area (Å²) in [5.41, 5.74) is 0.822. The van der Waals surface area contributed by atoms with Gasteiger partial charge in [0.25, 0.3) is 0 Å². The molecule has 0 N–H and O–H groups in total. The van der Waals surface area contributed by atoms with E-state index in [2.05, 4.69) is 4.98 Å². The van der Waals surface area contributed by atoms with Crippen LogP contribution in [0.3, 0.4) is 0 Å². The van der Waals surface area contributed by atoms with Gasteiger partial charge in [-0.1, -0.05) is 0 Å². The van der Waals surface area contributed by atoms with Gasteiger partial charge in [-0.25, -0.2) is 19.0 Å². The molecule has 37 heavy (non-hydrogen) atoms. The first-order chi connectivity index (χ1) is 17.5. The second kappa shape index (κ2) is 9.45. The summed E-state index contributed by atoms with van der Waals surface area (Å²) in [5, 5.41) is 2.17. The van der Waals surface area contributed by atoms with E-state index in [-0.39, 0.29) is 25.2 Å². The number of ether oxygens (including phenoxy) is 3. The SMILES string of the molecule is COC(=O)N1c2ccc(-c3csc(C4(F)CN(C(=O)OC(C)(C)C)C4)n3)c(OC3CCC3)c2CCC1C. The molecule has 1 aromatic heterocycles. The number of amides is 2. The quantitative estimate of drug-likeness (QED) is 0.477. The highest BCUT2D eigenvalue weighted by Crippen LogP contribution is 2.46. The molecule has 2 aliphatic heterocycles. The Morgan fingerprint density at radius 3 is 2.51 bits per heavy atom. The Labute approximate surface area is 220 Å². The number of likely N-dealkylation sites (tertiary alicyclic amines) is 1. The Balaban J connectivity index is 1.44. The summed E-state index contributed by atoms with van der Waals surface area (Å²) in [6.07, 6.45) is 3.83. The normalized spacial score (nSPS) is 21.0. The summed E-state index contributed by atoms with van der Waals surface area (Å²) in [7, 11) is 1.39. The Kier molecular flexibility index (Phi) is 6.58. The minimum atomic E-state index is -1.71. The van der Waals surface area contributed by atoms with Crippen molar-refractivity contribution in [2.75, 3.05) is 25.1 Å². The first-order valence-corrected chi connectivity index (χ1v) is 13.7. The zero-order chi connectivity index (χ0) is 26.5. The van der Waals surface area contributed by atoms with E-state index in [1.54, 1.807) is 25.7 Å². The largest absolute Gasteiger partial charge is 0.489 e. The van der Waals surface area contributed by atoms with Crippen molar-refractivity contribution in [2.24, 2.45) is 0 Å². The third-order valence-corrected chi connectivity index (χ3v) is 8.18. The lowest BCUT2D eigenvalue weighted by Crippen LogP contribution is -2.59. The van der Waals surface area contributed by atoms with Gasteiger partial charge < -0.3 is 19.1 Å². The first kappa shape index (κ1) is 25.8. The predicted molar refractivity (Wildman–Crippen MR) is 139 cm³/mol. The molecule has 3 heterocycles. The Morgan fingerprint density at radius 1 is 1.16 bits per heavy atom. The lowest BCUT2D eigenvalue weighted by molar-refractivity contribution is -0.0537. The fourth-order valence-corrected chi connectivity index (χ4v) is 5.82.